The fourth-order valence-electron chi connectivity index (χ4n) is 3.30. The molecule has 0 amide bonds. The van der Waals surface area contributed by atoms with Crippen LogP contribution in [0.15, 0.2) is 71.9 Å². The fourth-order valence-corrected chi connectivity index (χ4v) is 4.22. The molecule has 0 N–H and O–H groups in total. The SMILES string of the molecule is CCn1c(COc2cccc3ccccc23)nnc1SCC(=O)c1ccc(OC)cc1. The van der Waals surface area contributed by atoms with E-state index in [0.717, 1.165) is 28.1 Å². The van der Waals surface area contributed by atoms with Gasteiger partial charge in [0, 0.05) is 17.5 Å². The van der Waals surface area contributed by atoms with E-state index in [9.17, 15) is 4.79 Å². The standard InChI is InChI=1S/C24H23N3O3S/c1-3-27-23(15-30-22-10-6-8-17-7-4-5-9-20(17)22)25-26-24(27)31-16-21(28)18-11-13-19(29-2)14-12-18/h4-14H,3,15-16H2,1-2H3. The van der Waals surface area contributed by atoms with Gasteiger partial charge in [-0.2, -0.15) is 0 Å². The van der Waals surface area contributed by atoms with E-state index >= 15 is 0 Å². The van der Waals surface area contributed by atoms with Gasteiger partial charge in [0.05, 0.1) is 12.9 Å². The summed E-state index contributed by atoms with van der Waals surface area (Å²) >= 11 is 1.38. The lowest BCUT2D eigenvalue weighted by Gasteiger charge is -2.10. The number of thioether (sulfide) groups is 1. The summed E-state index contributed by atoms with van der Waals surface area (Å²) in [5.41, 5.74) is 0.648. The van der Waals surface area contributed by atoms with E-state index in [4.69, 9.17) is 9.47 Å². The topological polar surface area (TPSA) is 66.2 Å². The van der Waals surface area contributed by atoms with Crippen molar-refractivity contribution in [3.05, 3.63) is 78.1 Å². The number of methoxy groups -OCH3 is 1. The average Bonchev–Trinajstić information content (AvgIpc) is 3.22. The molecular formula is C24H23N3O3S. The van der Waals surface area contributed by atoms with Crippen LogP contribution in [0, 0.1) is 0 Å². The Balaban J connectivity index is 1.42. The molecule has 0 bridgehead atoms. The molecule has 0 unspecified atom stereocenters. The maximum absolute atomic E-state index is 12.5. The van der Waals surface area contributed by atoms with Crippen LogP contribution in [0.25, 0.3) is 10.8 Å². The first-order chi connectivity index (χ1) is 15.2. The summed E-state index contributed by atoms with van der Waals surface area (Å²) < 4.78 is 13.2. The average molecular weight is 434 g/mol. The van der Waals surface area contributed by atoms with Crippen molar-refractivity contribution in [3.8, 4) is 11.5 Å². The molecule has 3 aromatic carbocycles. The highest BCUT2D eigenvalue weighted by Gasteiger charge is 2.15. The molecule has 0 aliphatic heterocycles. The van der Waals surface area contributed by atoms with Gasteiger partial charge in [-0.15, -0.1) is 10.2 Å². The van der Waals surface area contributed by atoms with Crippen molar-refractivity contribution in [2.24, 2.45) is 0 Å². The number of ketones is 1. The molecule has 6 nitrogen and oxygen atoms in total. The minimum Gasteiger partial charge on any atom is -0.497 e. The maximum atomic E-state index is 12.5. The third kappa shape index (κ3) is 4.72. The Morgan fingerprint density at radius 2 is 1.77 bits per heavy atom. The smallest absolute Gasteiger partial charge is 0.191 e. The van der Waals surface area contributed by atoms with Crippen molar-refractivity contribution in [2.45, 2.75) is 25.2 Å². The highest BCUT2D eigenvalue weighted by Crippen LogP contribution is 2.26. The summed E-state index contributed by atoms with van der Waals surface area (Å²) in [6.07, 6.45) is 0. The van der Waals surface area contributed by atoms with E-state index in [0.29, 0.717) is 23.9 Å². The van der Waals surface area contributed by atoms with Crippen molar-refractivity contribution in [2.75, 3.05) is 12.9 Å². The molecule has 1 aromatic heterocycles. The Bertz CT molecular complexity index is 1180. The van der Waals surface area contributed by atoms with Gasteiger partial charge in [0.25, 0.3) is 0 Å². The van der Waals surface area contributed by atoms with E-state index < -0.39 is 0 Å². The van der Waals surface area contributed by atoms with Crippen LogP contribution in [0.5, 0.6) is 11.5 Å². The molecule has 4 rings (SSSR count). The van der Waals surface area contributed by atoms with Crippen LogP contribution in [0.2, 0.25) is 0 Å². The van der Waals surface area contributed by atoms with Crippen LogP contribution in [-0.2, 0) is 13.2 Å². The molecule has 7 heteroatoms. The van der Waals surface area contributed by atoms with Gasteiger partial charge < -0.3 is 14.0 Å². The Labute approximate surface area is 185 Å². The van der Waals surface area contributed by atoms with Gasteiger partial charge in [-0.05, 0) is 42.6 Å². The van der Waals surface area contributed by atoms with E-state index in [1.54, 1.807) is 31.4 Å². The Morgan fingerprint density at radius 1 is 1.00 bits per heavy atom. The molecule has 0 aliphatic carbocycles. The quantitative estimate of drug-likeness (QED) is 0.273. The van der Waals surface area contributed by atoms with Gasteiger partial charge in [0.1, 0.15) is 18.1 Å². The molecule has 0 saturated carbocycles. The van der Waals surface area contributed by atoms with Crippen molar-refractivity contribution in [3.63, 3.8) is 0 Å². The largest absolute Gasteiger partial charge is 0.497 e. The highest BCUT2D eigenvalue weighted by molar-refractivity contribution is 7.99. The minimum absolute atomic E-state index is 0.0341. The molecule has 0 radical (unpaired) electrons. The highest BCUT2D eigenvalue weighted by atomic mass is 32.2. The molecule has 158 valence electrons. The van der Waals surface area contributed by atoms with Gasteiger partial charge in [-0.25, -0.2) is 0 Å². The lowest BCUT2D eigenvalue weighted by Crippen LogP contribution is -2.08. The number of carbonyl (C=O) groups excluding carboxylic acids is 1. The van der Waals surface area contributed by atoms with Crippen molar-refractivity contribution in [1.29, 1.82) is 0 Å². The lowest BCUT2D eigenvalue weighted by molar-refractivity contribution is 0.102. The Kier molecular flexibility index (Phi) is 6.52. The second-order valence-electron chi connectivity index (χ2n) is 6.85. The third-order valence-corrected chi connectivity index (χ3v) is 5.93. The summed E-state index contributed by atoms with van der Waals surface area (Å²) in [7, 11) is 1.60. The second-order valence-corrected chi connectivity index (χ2v) is 7.79. The summed E-state index contributed by atoms with van der Waals surface area (Å²) in [6.45, 7) is 3.03. The Morgan fingerprint density at radius 3 is 2.55 bits per heavy atom. The van der Waals surface area contributed by atoms with Gasteiger partial charge in [0.15, 0.2) is 16.8 Å². The zero-order valence-electron chi connectivity index (χ0n) is 17.4. The van der Waals surface area contributed by atoms with Crippen LogP contribution < -0.4 is 9.47 Å². The number of rotatable bonds is 9. The van der Waals surface area contributed by atoms with E-state index in [2.05, 4.69) is 22.3 Å². The number of fused-ring (bicyclic) bond motifs is 1. The number of Topliss-reactive ketones (excluding diaryl/α,β-unsaturated/α-hetero) is 1. The van der Waals surface area contributed by atoms with Crippen molar-refractivity contribution >= 4 is 28.3 Å². The zero-order chi connectivity index (χ0) is 21.6. The maximum Gasteiger partial charge on any atom is 0.191 e. The zero-order valence-corrected chi connectivity index (χ0v) is 18.3. The first-order valence-corrected chi connectivity index (χ1v) is 11.0. The van der Waals surface area contributed by atoms with Gasteiger partial charge >= 0.3 is 0 Å². The Hall–Kier alpha value is -3.32. The van der Waals surface area contributed by atoms with Crippen LogP contribution in [0.1, 0.15) is 23.1 Å². The number of hydrogen-bond donors (Lipinski definition) is 0. The summed E-state index contributed by atoms with van der Waals surface area (Å²) in [5, 5.41) is 11.5. The van der Waals surface area contributed by atoms with E-state index in [1.807, 2.05) is 41.8 Å². The van der Waals surface area contributed by atoms with E-state index in [-0.39, 0.29) is 11.5 Å². The summed E-state index contributed by atoms with van der Waals surface area (Å²) in [6, 6.07) is 21.2. The van der Waals surface area contributed by atoms with Crippen LogP contribution in [-0.4, -0.2) is 33.4 Å². The monoisotopic (exact) mass is 433 g/mol. The normalized spacial score (nSPS) is 10.9. The number of carbonyl (C=O) groups is 1. The first kappa shape index (κ1) is 20.9. The van der Waals surface area contributed by atoms with Crippen molar-refractivity contribution < 1.29 is 14.3 Å². The lowest BCUT2D eigenvalue weighted by atomic mass is 10.1. The first-order valence-electron chi connectivity index (χ1n) is 10.0. The molecule has 1 heterocycles. The van der Waals surface area contributed by atoms with Gasteiger partial charge in [-0.3, -0.25) is 4.79 Å². The molecule has 4 aromatic rings. The molecule has 0 spiro atoms. The fraction of sp³-hybridized carbons (Fsp3) is 0.208. The second kappa shape index (κ2) is 9.66. The van der Waals surface area contributed by atoms with Gasteiger partial charge in [-0.1, -0.05) is 48.2 Å². The molecule has 0 saturated heterocycles. The van der Waals surface area contributed by atoms with Crippen LogP contribution in [0.3, 0.4) is 0 Å². The molecule has 0 fully saturated rings. The number of benzene rings is 3. The van der Waals surface area contributed by atoms with E-state index in [1.165, 1.54) is 11.8 Å². The predicted octanol–water partition coefficient (Wildman–Crippen LogP) is 5.01. The summed E-state index contributed by atoms with van der Waals surface area (Å²) in [5.74, 6) is 2.59. The third-order valence-electron chi connectivity index (χ3n) is 4.96. The molecule has 0 atom stereocenters. The molecule has 31 heavy (non-hydrogen) atoms. The van der Waals surface area contributed by atoms with Gasteiger partial charge in [0.2, 0.25) is 0 Å². The van der Waals surface area contributed by atoms with Crippen LogP contribution >= 0.6 is 11.8 Å². The number of aromatic nitrogens is 3. The predicted molar refractivity (Wildman–Crippen MR) is 122 cm³/mol. The summed E-state index contributed by atoms with van der Waals surface area (Å²) in [4.78, 5) is 12.5. The number of ether oxygens (including phenoxy) is 2. The molecule has 0 aliphatic rings. The van der Waals surface area contributed by atoms with Crippen LogP contribution in [0.4, 0.5) is 0 Å². The number of hydrogen-bond acceptors (Lipinski definition) is 6. The number of nitrogens with zero attached hydrogens (tertiary/aromatic N) is 3. The van der Waals surface area contributed by atoms with Crippen molar-refractivity contribution in [1.82, 2.24) is 14.8 Å². The molecular weight excluding hydrogens is 410 g/mol. The minimum atomic E-state index is 0.0341.